The van der Waals surface area contributed by atoms with Gasteiger partial charge in [0, 0.05) is 6.42 Å². The molecule has 1 aliphatic heterocycles. The highest BCUT2D eigenvalue weighted by Crippen LogP contribution is 2.41. The number of alkyl halides is 3. The van der Waals surface area contributed by atoms with Gasteiger partial charge in [-0.05, 0) is 44.7 Å². The third-order valence-corrected chi connectivity index (χ3v) is 4.06. The van der Waals surface area contributed by atoms with Crippen LogP contribution >= 0.6 is 0 Å². The molecule has 0 radical (unpaired) electrons. The second-order valence-corrected chi connectivity index (χ2v) is 5.16. The zero-order chi connectivity index (χ0) is 13.2. The minimum Gasteiger partial charge on any atom is -0.496 e. The molecule has 2 rings (SSSR count). The molecule has 1 fully saturated rings. The first-order chi connectivity index (χ1) is 8.52. The van der Waals surface area contributed by atoms with Gasteiger partial charge in [-0.1, -0.05) is 0 Å². The van der Waals surface area contributed by atoms with Crippen molar-refractivity contribution in [1.29, 1.82) is 0 Å². The number of ether oxygens (including phenoxy) is 1. The number of hydrogen-bond donors (Lipinski definition) is 1. The molecule has 5 heteroatoms. The van der Waals surface area contributed by atoms with E-state index < -0.39 is 12.1 Å². The predicted molar refractivity (Wildman–Crippen MR) is 63.0 cm³/mol. The highest BCUT2D eigenvalue weighted by atomic mass is 19.4. The van der Waals surface area contributed by atoms with Crippen molar-refractivity contribution in [1.82, 2.24) is 5.32 Å². The first-order valence-electron chi connectivity index (χ1n) is 6.59. The summed E-state index contributed by atoms with van der Waals surface area (Å²) in [4.78, 5) is 0. The van der Waals surface area contributed by atoms with Crippen LogP contribution in [0.5, 0.6) is 0 Å². The molecule has 0 spiro atoms. The van der Waals surface area contributed by atoms with E-state index in [0.29, 0.717) is 19.4 Å². The standard InChI is InChI=1S/C13H20F3NO/c1-17-12(11-3-2-8-18-11)9-4-6-10(7-5-9)13(14,15)16/h3,9-10,12,17H,2,4-8H2,1H3. The molecular formula is C13H20F3NO. The van der Waals surface area contributed by atoms with Crippen LogP contribution < -0.4 is 5.32 Å². The molecule has 104 valence electrons. The molecule has 1 atom stereocenters. The van der Waals surface area contributed by atoms with E-state index in [2.05, 4.69) is 11.4 Å². The summed E-state index contributed by atoms with van der Waals surface area (Å²) >= 11 is 0. The third-order valence-electron chi connectivity index (χ3n) is 4.06. The highest BCUT2D eigenvalue weighted by Gasteiger charge is 2.43. The van der Waals surface area contributed by atoms with Gasteiger partial charge in [-0.2, -0.15) is 13.2 Å². The maximum Gasteiger partial charge on any atom is 0.391 e. The summed E-state index contributed by atoms with van der Waals surface area (Å²) < 4.78 is 43.3. The average Bonchev–Trinajstić information content (AvgIpc) is 2.83. The number of likely N-dealkylation sites (N-methyl/N-ethyl adjacent to an activating group) is 1. The molecule has 1 unspecified atom stereocenters. The van der Waals surface area contributed by atoms with Crippen LogP contribution in [-0.4, -0.2) is 25.9 Å². The molecule has 2 nitrogen and oxygen atoms in total. The Kier molecular flexibility index (Phi) is 4.20. The molecule has 1 heterocycles. The summed E-state index contributed by atoms with van der Waals surface area (Å²) in [6, 6.07) is 0.0849. The summed E-state index contributed by atoms with van der Waals surface area (Å²) in [7, 11) is 1.85. The zero-order valence-corrected chi connectivity index (χ0v) is 10.6. The molecule has 0 aromatic rings. The first kappa shape index (κ1) is 13.7. The Hall–Kier alpha value is -0.710. The summed E-state index contributed by atoms with van der Waals surface area (Å²) in [6.07, 6.45) is 0.678. The van der Waals surface area contributed by atoms with Gasteiger partial charge < -0.3 is 10.1 Å². The molecule has 0 aromatic heterocycles. The van der Waals surface area contributed by atoms with Crippen LogP contribution in [0.3, 0.4) is 0 Å². The molecule has 1 aliphatic carbocycles. The van der Waals surface area contributed by atoms with Crippen molar-refractivity contribution >= 4 is 0 Å². The number of hydrogen-bond acceptors (Lipinski definition) is 2. The fraction of sp³-hybridized carbons (Fsp3) is 0.846. The van der Waals surface area contributed by atoms with Crippen LogP contribution in [0, 0.1) is 11.8 Å². The van der Waals surface area contributed by atoms with E-state index in [4.69, 9.17) is 4.74 Å². The lowest BCUT2D eigenvalue weighted by atomic mass is 9.77. The molecule has 2 aliphatic rings. The second kappa shape index (κ2) is 5.51. The fourth-order valence-corrected chi connectivity index (χ4v) is 3.04. The second-order valence-electron chi connectivity index (χ2n) is 5.16. The van der Waals surface area contributed by atoms with E-state index in [0.717, 1.165) is 12.2 Å². The summed E-state index contributed by atoms with van der Waals surface area (Å²) in [5, 5.41) is 3.19. The fourth-order valence-electron chi connectivity index (χ4n) is 3.04. The molecule has 18 heavy (non-hydrogen) atoms. The van der Waals surface area contributed by atoms with Crippen molar-refractivity contribution in [3.05, 3.63) is 11.8 Å². The van der Waals surface area contributed by atoms with E-state index in [1.807, 2.05) is 7.05 Å². The van der Waals surface area contributed by atoms with Gasteiger partial charge in [0.1, 0.15) is 5.76 Å². The predicted octanol–water partition coefficient (Wildman–Crippen LogP) is 3.25. The maximum absolute atomic E-state index is 12.6. The van der Waals surface area contributed by atoms with E-state index in [9.17, 15) is 13.2 Å². The van der Waals surface area contributed by atoms with E-state index in [1.165, 1.54) is 0 Å². The van der Waals surface area contributed by atoms with Crippen molar-refractivity contribution in [3.63, 3.8) is 0 Å². The van der Waals surface area contributed by atoms with Crippen molar-refractivity contribution in [2.24, 2.45) is 11.8 Å². The molecule has 1 saturated carbocycles. The van der Waals surface area contributed by atoms with E-state index >= 15 is 0 Å². The maximum atomic E-state index is 12.6. The Balaban J connectivity index is 1.92. The SMILES string of the molecule is CNC(C1=CCCO1)C1CCC(C(F)(F)F)CC1. The highest BCUT2D eigenvalue weighted by molar-refractivity contribution is 5.09. The number of halogens is 3. The minimum absolute atomic E-state index is 0.0849. The summed E-state index contributed by atoms with van der Waals surface area (Å²) in [6.45, 7) is 0.700. The van der Waals surface area contributed by atoms with Gasteiger partial charge in [0.2, 0.25) is 0 Å². The van der Waals surface area contributed by atoms with Crippen molar-refractivity contribution in [3.8, 4) is 0 Å². The number of rotatable bonds is 3. The Morgan fingerprint density at radius 3 is 2.39 bits per heavy atom. The molecule has 0 aromatic carbocycles. The average molecular weight is 263 g/mol. The van der Waals surface area contributed by atoms with Crippen LogP contribution in [0.2, 0.25) is 0 Å². The van der Waals surface area contributed by atoms with E-state index in [1.54, 1.807) is 0 Å². The van der Waals surface area contributed by atoms with Gasteiger partial charge in [0.15, 0.2) is 0 Å². The first-order valence-corrected chi connectivity index (χ1v) is 6.59. The molecule has 0 amide bonds. The Morgan fingerprint density at radius 2 is 1.94 bits per heavy atom. The minimum atomic E-state index is -4.02. The molecular weight excluding hydrogens is 243 g/mol. The third kappa shape index (κ3) is 2.99. The van der Waals surface area contributed by atoms with Gasteiger partial charge in [0.25, 0.3) is 0 Å². The number of nitrogens with one attached hydrogen (secondary N) is 1. The van der Waals surface area contributed by atoms with Crippen LogP contribution in [0.15, 0.2) is 11.8 Å². The molecule has 0 bridgehead atoms. The normalized spacial score (nSPS) is 30.8. The van der Waals surface area contributed by atoms with Gasteiger partial charge in [-0.15, -0.1) is 0 Å². The molecule has 1 N–H and O–H groups in total. The van der Waals surface area contributed by atoms with Gasteiger partial charge >= 0.3 is 6.18 Å². The quantitative estimate of drug-likeness (QED) is 0.844. The molecule has 0 saturated heterocycles. The van der Waals surface area contributed by atoms with Gasteiger partial charge in [-0.3, -0.25) is 0 Å². The topological polar surface area (TPSA) is 21.3 Å². The lowest BCUT2D eigenvalue weighted by Crippen LogP contribution is -2.39. The Morgan fingerprint density at radius 1 is 1.28 bits per heavy atom. The van der Waals surface area contributed by atoms with Crippen LogP contribution in [-0.2, 0) is 4.74 Å². The lowest BCUT2D eigenvalue weighted by Gasteiger charge is -2.34. The van der Waals surface area contributed by atoms with Crippen molar-refractivity contribution < 1.29 is 17.9 Å². The van der Waals surface area contributed by atoms with Crippen molar-refractivity contribution in [2.45, 2.75) is 44.3 Å². The smallest absolute Gasteiger partial charge is 0.391 e. The van der Waals surface area contributed by atoms with Crippen LogP contribution in [0.25, 0.3) is 0 Å². The zero-order valence-electron chi connectivity index (χ0n) is 10.6. The largest absolute Gasteiger partial charge is 0.496 e. The van der Waals surface area contributed by atoms with Gasteiger partial charge in [0.05, 0.1) is 18.6 Å². The van der Waals surface area contributed by atoms with Crippen molar-refractivity contribution in [2.75, 3.05) is 13.7 Å². The summed E-state index contributed by atoms with van der Waals surface area (Å²) in [5.74, 6) is 0.0793. The Labute approximate surface area is 106 Å². The lowest BCUT2D eigenvalue weighted by molar-refractivity contribution is -0.184. The summed E-state index contributed by atoms with van der Waals surface area (Å²) in [5.41, 5.74) is 0. The van der Waals surface area contributed by atoms with Crippen LogP contribution in [0.4, 0.5) is 13.2 Å². The van der Waals surface area contributed by atoms with E-state index in [-0.39, 0.29) is 24.8 Å². The monoisotopic (exact) mass is 263 g/mol. The van der Waals surface area contributed by atoms with Gasteiger partial charge in [-0.25, -0.2) is 0 Å². The van der Waals surface area contributed by atoms with Crippen LogP contribution in [0.1, 0.15) is 32.1 Å². The Bertz CT molecular complexity index is 306.